The molecular weight excluding hydrogens is 204 g/mol. The van der Waals surface area contributed by atoms with Crippen LogP contribution in [0.15, 0.2) is 30.3 Å². The van der Waals surface area contributed by atoms with E-state index in [1.54, 1.807) is 4.90 Å². The van der Waals surface area contributed by atoms with Gasteiger partial charge in [-0.15, -0.1) is 0 Å². The van der Waals surface area contributed by atoms with Crippen LogP contribution in [0.25, 0.3) is 0 Å². The maximum absolute atomic E-state index is 11.4. The lowest BCUT2D eigenvalue weighted by atomic mass is 10.2. The lowest BCUT2D eigenvalue weighted by Crippen LogP contribution is -2.39. The second-order valence-electron chi connectivity index (χ2n) is 3.94. The molecule has 0 heterocycles. The Labute approximate surface area is 96.1 Å². The molecule has 1 aromatic carbocycles. The highest BCUT2D eigenvalue weighted by molar-refractivity contribution is 5.77. The Morgan fingerprint density at radius 3 is 2.31 bits per heavy atom. The van der Waals surface area contributed by atoms with E-state index in [9.17, 15) is 9.90 Å². The van der Waals surface area contributed by atoms with E-state index in [4.69, 9.17) is 0 Å². The van der Waals surface area contributed by atoms with Gasteiger partial charge in [0.2, 0.25) is 0 Å². The molecular formula is C12H17N2O2. The Hall–Kier alpha value is -1.39. The molecule has 0 aliphatic rings. The number of nitrogens with zero attached hydrogens (tertiary/aromatic N) is 2. The normalized spacial score (nSPS) is 10.5. The van der Waals surface area contributed by atoms with E-state index in [0.717, 1.165) is 5.56 Å². The Bertz CT molecular complexity index is 325. The number of carbonyl (C=O) groups excluding carboxylic acids is 1. The van der Waals surface area contributed by atoms with Crippen LogP contribution in [0.3, 0.4) is 0 Å². The van der Waals surface area contributed by atoms with Crippen LogP contribution in [0.2, 0.25) is 0 Å². The fourth-order valence-corrected chi connectivity index (χ4v) is 1.45. The van der Waals surface area contributed by atoms with Gasteiger partial charge in [0.25, 0.3) is 5.91 Å². The molecule has 0 aliphatic carbocycles. The molecule has 1 amide bonds. The van der Waals surface area contributed by atoms with Gasteiger partial charge in [-0.1, -0.05) is 30.3 Å². The third kappa shape index (κ3) is 4.00. The van der Waals surface area contributed by atoms with Gasteiger partial charge in [-0.05, 0) is 19.7 Å². The van der Waals surface area contributed by atoms with E-state index in [2.05, 4.69) is 0 Å². The molecule has 87 valence electrons. The van der Waals surface area contributed by atoms with Crippen LogP contribution in [0.5, 0.6) is 0 Å². The Morgan fingerprint density at radius 2 is 1.81 bits per heavy atom. The van der Waals surface area contributed by atoms with Crippen molar-refractivity contribution in [1.29, 1.82) is 0 Å². The van der Waals surface area contributed by atoms with E-state index in [0.29, 0.717) is 13.2 Å². The van der Waals surface area contributed by atoms with Crippen LogP contribution >= 0.6 is 0 Å². The van der Waals surface area contributed by atoms with Crippen LogP contribution in [-0.2, 0) is 16.4 Å². The second-order valence-corrected chi connectivity index (χ2v) is 3.94. The average Bonchev–Trinajstić information content (AvgIpc) is 2.28. The zero-order valence-electron chi connectivity index (χ0n) is 9.72. The molecule has 0 unspecified atom stereocenters. The summed E-state index contributed by atoms with van der Waals surface area (Å²) in [6.07, 6.45) is 0. The fraction of sp³-hybridized carbons (Fsp3) is 0.417. The monoisotopic (exact) mass is 221 g/mol. The molecule has 0 spiro atoms. The van der Waals surface area contributed by atoms with Gasteiger partial charge < -0.3 is 4.90 Å². The molecule has 0 N–H and O–H groups in total. The standard InChI is InChI=1S/C12H17N2O2/c1-13(2)10-14(12(16)9-15)8-11-6-4-3-5-7-11/h3-7H,8-10H2,1-2H3. The summed E-state index contributed by atoms with van der Waals surface area (Å²) >= 11 is 0. The minimum absolute atomic E-state index is 0.363. The summed E-state index contributed by atoms with van der Waals surface area (Å²) < 4.78 is 0. The molecule has 0 aliphatic heterocycles. The molecule has 0 saturated carbocycles. The summed E-state index contributed by atoms with van der Waals surface area (Å²) in [4.78, 5) is 14.9. The Morgan fingerprint density at radius 1 is 1.19 bits per heavy atom. The lowest BCUT2D eigenvalue weighted by molar-refractivity contribution is -0.138. The Balaban J connectivity index is 2.67. The number of amides is 1. The third-order valence-electron chi connectivity index (χ3n) is 2.15. The first-order valence-electron chi connectivity index (χ1n) is 5.18. The van der Waals surface area contributed by atoms with E-state index in [-0.39, 0.29) is 5.91 Å². The van der Waals surface area contributed by atoms with Crippen LogP contribution in [0, 0.1) is 0 Å². The topological polar surface area (TPSA) is 43.5 Å². The molecule has 0 aromatic heterocycles. The third-order valence-corrected chi connectivity index (χ3v) is 2.15. The first kappa shape index (κ1) is 12.7. The number of carbonyl (C=O) groups is 1. The zero-order chi connectivity index (χ0) is 12.0. The minimum Gasteiger partial charge on any atom is -0.323 e. The van der Waals surface area contributed by atoms with Crippen LogP contribution in [0.4, 0.5) is 0 Å². The minimum atomic E-state index is -0.694. The quantitative estimate of drug-likeness (QED) is 0.695. The van der Waals surface area contributed by atoms with Gasteiger partial charge in [-0.3, -0.25) is 9.69 Å². The van der Waals surface area contributed by atoms with Gasteiger partial charge in [0.15, 0.2) is 6.61 Å². The van der Waals surface area contributed by atoms with Crippen molar-refractivity contribution in [2.45, 2.75) is 6.54 Å². The van der Waals surface area contributed by atoms with E-state index in [1.807, 2.05) is 49.3 Å². The highest BCUT2D eigenvalue weighted by Gasteiger charge is 2.13. The van der Waals surface area contributed by atoms with Crippen LogP contribution in [0.1, 0.15) is 5.56 Å². The van der Waals surface area contributed by atoms with Crippen molar-refractivity contribution >= 4 is 5.91 Å². The molecule has 4 heteroatoms. The summed E-state index contributed by atoms with van der Waals surface area (Å²) in [6.45, 7) is 0.261. The molecule has 4 nitrogen and oxygen atoms in total. The molecule has 1 radical (unpaired) electrons. The largest absolute Gasteiger partial charge is 0.323 e. The van der Waals surface area contributed by atoms with Crippen molar-refractivity contribution in [1.82, 2.24) is 9.80 Å². The van der Waals surface area contributed by atoms with Crippen LogP contribution < -0.4 is 0 Å². The van der Waals surface area contributed by atoms with Crippen molar-refractivity contribution in [3.8, 4) is 0 Å². The Kier molecular flexibility index (Phi) is 4.95. The van der Waals surface area contributed by atoms with Crippen molar-refractivity contribution in [2.75, 3.05) is 27.4 Å². The smallest absolute Gasteiger partial charge is 0.253 e. The summed E-state index contributed by atoms with van der Waals surface area (Å²) in [5.41, 5.74) is 1.03. The van der Waals surface area contributed by atoms with Crippen molar-refractivity contribution < 1.29 is 9.90 Å². The molecule has 0 bridgehead atoms. The number of benzene rings is 1. The van der Waals surface area contributed by atoms with E-state index < -0.39 is 6.61 Å². The van der Waals surface area contributed by atoms with E-state index in [1.165, 1.54) is 0 Å². The van der Waals surface area contributed by atoms with Gasteiger partial charge in [0.1, 0.15) is 0 Å². The molecule has 16 heavy (non-hydrogen) atoms. The SMILES string of the molecule is CN(C)CN(Cc1ccccc1)C(=O)C[O]. The first-order valence-corrected chi connectivity index (χ1v) is 5.18. The summed E-state index contributed by atoms with van der Waals surface area (Å²) in [6, 6.07) is 9.66. The van der Waals surface area contributed by atoms with Gasteiger partial charge >= 0.3 is 0 Å². The molecule has 0 atom stereocenters. The number of hydrogen-bond donors (Lipinski definition) is 0. The fourth-order valence-electron chi connectivity index (χ4n) is 1.45. The lowest BCUT2D eigenvalue weighted by Gasteiger charge is -2.25. The van der Waals surface area contributed by atoms with E-state index >= 15 is 0 Å². The summed E-state index contributed by atoms with van der Waals surface area (Å²) in [5.74, 6) is -0.363. The summed E-state index contributed by atoms with van der Waals surface area (Å²) in [5, 5.41) is 10.6. The van der Waals surface area contributed by atoms with Gasteiger partial charge in [0, 0.05) is 6.54 Å². The summed E-state index contributed by atoms with van der Waals surface area (Å²) in [7, 11) is 3.74. The second kappa shape index (κ2) is 6.25. The van der Waals surface area contributed by atoms with Crippen molar-refractivity contribution in [3.63, 3.8) is 0 Å². The first-order chi connectivity index (χ1) is 7.63. The average molecular weight is 221 g/mol. The molecule has 1 aromatic rings. The van der Waals surface area contributed by atoms with Gasteiger partial charge in [0.05, 0.1) is 6.67 Å². The highest BCUT2D eigenvalue weighted by Crippen LogP contribution is 2.04. The van der Waals surface area contributed by atoms with Crippen LogP contribution in [-0.4, -0.2) is 43.1 Å². The predicted octanol–water partition coefficient (Wildman–Crippen LogP) is 0.965. The highest BCUT2D eigenvalue weighted by atomic mass is 16.3. The zero-order valence-corrected chi connectivity index (χ0v) is 9.72. The molecule has 1 rings (SSSR count). The number of rotatable bonds is 5. The van der Waals surface area contributed by atoms with Crippen molar-refractivity contribution in [3.05, 3.63) is 35.9 Å². The molecule has 0 fully saturated rings. The van der Waals surface area contributed by atoms with Crippen molar-refractivity contribution in [2.24, 2.45) is 0 Å². The predicted molar refractivity (Wildman–Crippen MR) is 61.1 cm³/mol. The maximum Gasteiger partial charge on any atom is 0.253 e. The van der Waals surface area contributed by atoms with Gasteiger partial charge in [-0.25, -0.2) is 5.11 Å². The number of hydrogen-bond acceptors (Lipinski definition) is 2. The maximum atomic E-state index is 11.4. The van der Waals surface area contributed by atoms with Gasteiger partial charge in [-0.2, -0.15) is 0 Å². The molecule has 0 saturated heterocycles.